The van der Waals surface area contributed by atoms with Crippen molar-refractivity contribution in [2.45, 2.75) is 39.7 Å². The molecule has 0 aliphatic carbocycles. The summed E-state index contributed by atoms with van der Waals surface area (Å²) in [4.78, 5) is 11.8. The molecule has 4 nitrogen and oxygen atoms in total. The molecule has 0 spiro atoms. The van der Waals surface area contributed by atoms with E-state index in [-0.39, 0.29) is 19.1 Å². The summed E-state index contributed by atoms with van der Waals surface area (Å²) < 4.78 is 28.1. The van der Waals surface area contributed by atoms with Gasteiger partial charge in [0.1, 0.15) is 6.61 Å². The molecule has 0 atom stereocenters. The molecule has 0 aliphatic heterocycles. The van der Waals surface area contributed by atoms with Crippen molar-refractivity contribution >= 4 is 5.91 Å². The van der Waals surface area contributed by atoms with Gasteiger partial charge in [0, 0.05) is 12.1 Å². The fraction of sp³-hybridized carbons (Fsp3) is 0.909. The van der Waals surface area contributed by atoms with E-state index in [2.05, 4.69) is 10.1 Å². The van der Waals surface area contributed by atoms with E-state index < -0.39 is 24.0 Å². The van der Waals surface area contributed by atoms with Crippen molar-refractivity contribution in [3.05, 3.63) is 0 Å². The van der Waals surface area contributed by atoms with Crippen LogP contribution in [0.5, 0.6) is 0 Å². The van der Waals surface area contributed by atoms with Crippen LogP contribution in [0, 0.1) is 5.41 Å². The van der Waals surface area contributed by atoms with Crippen molar-refractivity contribution in [2.24, 2.45) is 11.1 Å². The van der Waals surface area contributed by atoms with Gasteiger partial charge in [0.2, 0.25) is 5.91 Å². The minimum Gasteiger partial charge on any atom is -0.374 e. The monoisotopic (exact) mass is 252 g/mol. The van der Waals surface area contributed by atoms with Crippen molar-refractivity contribution in [1.82, 2.24) is 5.32 Å². The molecule has 102 valence electrons. The minimum absolute atomic E-state index is 0.0666. The average Bonchev–Trinajstić information content (AvgIpc) is 2.14. The standard InChI is InChI=1S/C11H22F2N2O2/c1-10(2,11(3,4)14)9(16)15-5-6-17-7-8(12)13/h8H,5-7,14H2,1-4H3,(H,15,16). The Labute approximate surface area is 101 Å². The van der Waals surface area contributed by atoms with Gasteiger partial charge in [-0.25, -0.2) is 8.78 Å². The Balaban J connectivity index is 3.95. The summed E-state index contributed by atoms with van der Waals surface area (Å²) in [5.74, 6) is -0.217. The Bertz CT molecular complexity index is 250. The molecule has 0 saturated carbocycles. The maximum absolute atomic E-state index is 11.8. The number of hydrogen-bond donors (Lipinski definition) is 2. The molecule has 0 radical (unpaired) electrons. The lowest BCUT2D eigenvalue weighted by Gasteiger charge is -2.36. The highest BCUT2D eigenvalue weighted by Gasteiger charge is 2.40. The van der Waals surface area contributed by atoms with Gasteiger partial charge in [-0.15, -0.1) is 0 Å². The van der Waals surface area contributed by atoms with Gasteiger partial charge in [-0.3, -0.25) is 4.79 Å². The van der Waals surface area contributed by atoms with Crippen LogP contribution in [-0.2, 0) is 9.53 Å². The fourth-order valence-corrected chi connectivity index (χ4v) is 0.923. The number of amides is 1. The number of rotatable bonds is 7. The van der Waals surface area contributed by atoms with Crippen molar-refractivity contribution in [3.8, 4) is 0 Å². The number of alkyl halides is 2. The predicted molar refractivity (Wildman–Crippen MR) is 61.9 cm³/mol. The molecule has 0 heterocycles. The Morgan fingerprint density at radius 3 is 2.29 bits per heavy atom. The van der Waals surface area contributed by atoms with Crippen LogP contribution in [0.15, 0.2) is 0 Å². The molecular weight excluding hydrogens is 230 g/mol. The molecule has 0 aromatic heterocycles. The van der Waals surface area contributed by atoms with Gasteiger partial charge in [-0.1, -0.05) is 0 Å². The van der Waals surface area contributed by atoms with Crippen LogP contribution in [0.4, 0.5) is 8.78 Å². The van der Waals surface area contributed by atoms with Crippen molar-refractivity contribution < 1.29 is 18.3 Å². The molecule has 1 amide bonds. The van der Waals surface area contributed by atoms with Gasteiger partial charge in [-0.05, 0) is 27.7 Å². The van der Waals surface area contributed by atoms with Crippen LogP contribution in [0.25, 0.3) is 0 Å². The fourth-order valence-electron chi connectivity index (χ4n) is 0.923. The number of ether oxygens (including phenoxy) is 1. The highest BCUT2D eigenvalue weighted by Crippen LogP contribution is 2.28. The van der Waals surface area contributed by atoms with Gasteiger partial charge in [-0.2, -0.15) is 0 Å². The van der Waals surface area contributed by atoms with Crippen LogP contribution in [0.3, 0.4) is 0 Å². The van der Waals surface area contributed by atoms with Gasteiger partial charge in [0.15, 0.2) is 0 Å². The zero-order valence-electron chi connectivity index (χ0n) is 10.8. The summed E-state index contributed by atoms with van der Waals surface area (Å²) in [5.41, 5.74) is 4.49. The second-order valence-electron chi connectivity index (χ2n) is 5.07. The predicted octanol–water partition coefficient (Wildman–Crippen LogP) is 1.15. The number of carbonyl (C=O) groups excluding carboxylic acids is 1. The number of nitrogens with two attached hydrogens (primary N) is 1. The molecule has 0 aliphatic rings. The van der Waals surface area contributed by atoms with Gasteiger partial charge in [0.25, 0.3) is 6.43 Å². The maximum Gasteiger partial charge on any atom is 0.261 e. The first kappa shape index (κ1) is 16.2. The van der Waals surface area contributed by atoms with Crippen molar-refractivity contribution in [2.75, 3.05) is 19.8 Å². The highest BCUT2D eigenvalue weighted by atomic mass is 19.3. The molecule has 17 heavy (non-hydrogen) atoms. The first-order valence-corrected chi connectivity index (χ1v) is 5.52. The highest BCUT2D eigenvalue weighted by molar-refractivity contribution is 5.83. The lowest BCUT2D eigenvalue weighted by atomic mass is 9.74. The van der Waals surface area contributed by atoms with Crippen LogP contribution in [0.2, 0.25) is 0 Å². The molecule has 0 aromatic rings. The molecular formula is C11H22F2N2O2. The SMILES string of the molecule is CC(C)(N)C(C)(C)C(=O)NCCOCC(F)F. The zero-order valence-corrected chi connectivity index (χ0v) is 10.8. The summed E-state index contributed by atoms with van der Waals surface area (Å²) in [6, 6.07) is 0. The van der Waals surface area contributed by atoms with Crippen molar-refractivity contribution in [3.63, 3.8) is 0 Å². The summed E-state index contributed by atoms with van der Waals surface area (Å²) in [5, 5.41) is 2.61. The molecule has 6 heteroatoms. The second-order valence-corrected chi connectivity index (χ2v) is 5.07. The summed E-state index contributed by atoms with van der Waals surface area (Å²) in [6.45, 7) is 6.66. The average molecular weight is 252 g/mol. The molecule has 0 rings (SSSR count). The van der Waals surface area contributed by atoms with Crippen molar-refractivity contribution in [1.29, 1.82) is 0 Å². The molecule has 0 unspecified atom stereocenters. The largest absolute Gasteiger partial charge is 0.374 e. The Kier molecular flexibility index (Phi) is 5.98. The number of carbonyl (C=O) groups is 1. The van der Waals surface area contributed by atoms with E-state index in [1.807, 2.05) is 0 Å². The summed E-state index contributed by atoms with van der Waals surface area (Å²) in [7, 11) is 0. The van der Waals surface area contributed by atoms with Crippen LogP contribution < -0.4 is 11.1 Å². The molecule has 0 aromatic carbocycles. The Morgan fingerprint density at radius 2 is 1.88 bits per heavy atom. The third kappa shape index (κ3) is 5.41. The van der Waals surface area contributed by atoms with E-state index in [4.69, 9.17) is 5.73 Å². The van der Waals surface area contributed by atoms with Gasteiger partial charge < -0.3 is 15.8 Å². The molecule has 3 N–H and O–H groups in total. The lowest BCUT2D eigenvalue weighted by Crippen LogP contribution is -2.55. The summed E-state index contributed by atoms with van der Waals surface area (Å²) in [6.07, 6.45) is -2.48. The number of hydrogen-bond acceptors (Lipinski definition) is 3. The van der Waals surface area contributed by atoms with Crippen LogP contribution in [0.1, 0.15) is 27.7 Å². The van der Waals surface area contributed by atoms with E-state index in [1.54, 1.807) is 27.7 Å². The quantitative estimate of drug-likeness (QED) is 0.668. The molecule has 0 saturated heterocycles. The van der Waals surface area contributed by atoms with Crippen LogP contribution in [-0.4, -0.2) is 37.6 Å². The lowest BCUT2D eigenvalue weighted by molar-refractivity contribution is -0.132. The molecule has 0 fully saturated rings. The first-order valence-electron chi connectivity index (χ1n) is 5.52. The minimum atomic E-state index is -2.48. The number of nitrogens with one attached hydrogen (secondary N) is 1. The third-order valence-corrected chi connectivity index (χ3v) is 2.95. The van der Waals surface area contributed by atoms with E-state index in [1.165, 1.54) is 0 Å². The normalized spacial score (nSPS) is 12.9. The van der Waals surface area contributed by atoms with Gasteiger partial charge >= 0.3 is 0 Å². The molecule has 0 bridgehead atoms. The van der Waals surface area contributed by atoms with E-state index in [9.17, 15) is 13.6 Å². The van der Waals surface area contributed by atoms with E-state index in [0.717, 1.165) is 0 Å². The Hall–Kier alpha value is -0.750. The summed E-state index contributed by atoms with van der Waals surface area (Å²) >= 11 is 0. The first-order chi connectivity index (χ1) is 7.59. The topological polar surface area (TPSA) is 64.4 Å². The van der Waals surface area contributed by atoms with Crippen LogP contribution >= 0.6 is 0 Å². The second kappa shape index (κ2) is 6.26. The Morgan fingerprint density at radius 1 is 1.35 bits per heavy atom. The zero-order chi connectivity index (χ0) is 13.7. The maximum atomic E-state index is 11.8. The van der Waals surface area contributed by atoms with Gasteiger partial charge in [0.05, 0.1) is 12.0 Å². The van der Waals surface area contributed by atoms with E-state index in [0.29, 0.717) is 0 Å². The third-order valence-electron chi connectivity index (χ3n) is 2.95. The smallest absolute Gasteiger partial charge is 0.261 e. The van der Waals surface area contributed by atoms with E-state index >= 15 is 0 Å². The number of halogens is 2.